The number of carbonyl (C=O) groups excluding carboxylic acids is 3. The van der Waals surface area contributed by atoms with E-state index >= 15 is 0 Å². The first-order chi connectivity index (χ1) is 12.1. The van der Waals surface area contributed by atoms with Crippen LogP contribution >= 0.6 is 0 Å². The number of carbonyl (C=O) groups is 3. The topological polar surface area (TPSA) is 81.7 Å². The molecule has 0 aliphatic rings. The maximum atomic E-state index is 12.5. The minimum atomic E-state index is -4.51. The van der Waals surface area contributed by atoms with Crippen molar-refractivity contribution in [3.05, 3.63) is 35.4 Å². The minimum absolute atomic E-state index is 0.128. The minimum Gasteiger partial charge on any atom is -0.467 e. The molecule has 1 aromatic rings. The van der Waals surface area contributed by atoms with E-state index in [1.807, 2.05) is 6.92 Å². The fourth-order valence-corrected chi connectivity index (χ4v) is 2.02. The number of hydrogen-bond acceptors (Lipinski definition) is 5. The lowest BCUT2D eigenvalue weighted by atomic mass is 9.99. The molecule has 0 radical (unpaired) electrons. The molecule has 2 atom stereocenters. The molecule has 0 saturated carbocycles. The molecule has 9 heteroatoms. The van der Waals surface area contributed by atoms with Crippen molar-refractivity contribution < 1.29 is 37.0 Å². The van der Waals surface area contributed by atoms with E-state index in [4.69, 9.17) is 4.74 Å². The van der Waals surface area contributed by atoms with Crippen LogP contribution in [0.4, 0.5) is 13.2 Å². The van der Waals surface area contributed by atoms with Crippen molar-refractivity contribution in [1.82, 2.24) is 5.32 Å². The number of benzene rings is 1. The van der Waals surface area contributed by atoms with Gasteiger partial charge in [-0.15, -0.1) is 0 Å². The summed E-state index contributed by atoms with van der Waals surface area (Å²) in [6, 6.07) is 2.51. The Bertz CT molecular complexity index is 643. The highest BCUT2D eigenvalue weighted by Gasteiger charge is 2.30. The maximum Gasteiger partial charge on any atom is 0.416 e. The summed E-state index contributed by atoms with van der Waals surface area (Å²) in [5, 5.41) is 2.41. The number of hydrogen-bond donors (Lipinski definition) is 1. The monoisotopic (exact) mass is 375 g/mol. The van der Waals surface area contributed by atoms with Crippen molar-refractivity contribution in [1.29, 1.82) is 0 Å². The van der Waals surface area contributed by atoms with Crippen molar-refractivity contribution in [2.45, 2.75) is 32.5 Å². The summed E-state index contributed by atoms with van der Waals surface area (Å²) in [5.74, 6) is -2.49. The van der Waals surface area contributed by atoms with Crippen LogP contribution in [0, 0.1) is 5.92 Å². The Morgan fingerprint density at radius 1 is 1.15 bits per heavy atom. The van der Waals surface area contributed by atoms with E-state index < -0.39 is 42.2 Å². The van der Waals surface area contributed by atoms with Gasteiger partial charge in [0.25, 0.3) is 5.91 Å². The van der Waals surface area contributed by atoms with Crippen LogP contribution in [0.25, 0.3) is 0 Å². The van der Waals surface area contributed by atoms with Crippen LogP contribution in [0.15, 0.2) is 24.3 Å². The number of methoxy groups -OCH3 is 1. The third kappa shape index (κ3) is 6.05. The Morgan fingerprint density at radius 3 is 2.19 bits per heavy atom. The van der Waals surface area contributed by atoms with Crippen LogP contribution in [0.1, 0.15) is 36.2 Å². The van der Waals surface area contributed by atoms with Gasteiger partial charge in [0.1, 0.15) is 6.04 Å². The van der Waals surface area contributed by atoms with E-state index in [0.29, 0.717) is 6.42 Å². The average Bonchev–Trinajstić information content (AvgIpc) is 2.62. The summed E-state index contributed by atoms with van der Waals surface area (Å²) < 4.78 is 46.8. The van der Waals surface area contributed by atoms with Crippen molar-refractivity contribution in [3.63, 3.8) is 0 Å². The molecule has 0 fully saturated rings. The van der Waals surface area contributed by atoms with Crippen LogP contribution in [-0.2, 0) is 25.2 Å². The summed E-state index contributed by atoms with van der Waals surface area (Å²) >= 11 is 0. The molecule has 0 saturated heterocycles. The molecule has 0 bridgehead atoms. The lowest BCUT2D eigenvalue weighted by molar-refractivity contribution is -0.147. The highest BCUT2D eigenvalue weighted by molar-refractivity contribution is 5.92. The molecule has 144 valence electrons. The average molecular weight is 375 g/mol. The summed E-state index contributed by atoms with van der Waals surface area (Å²) in [6.45, 7) is 2.90. The van der Waals surface area contributed by atoms with Crippen LogP contribution in [0.2, 0.25) is 0 Å². The van der Waals surface area contributed by atoms with E-state index in [2.05, 4.69) is 10.1 Å². The van der Waals surface area contributed by atoms with E-state index in [9.17, 15) is 27.6 Å². The van der Waals surface area contributed by atoms with Crippen molar-refractivity contribution in [2.75, 3.05) is 13.7 Å². The number of alkyl halides is 3. The SMILES string of the molecule is CC[C@@H](C)[C@H](NC(=O)COC(=O)c1ccc(C(F)(F)F)cc1)C(=O)OC. The van der Waals surface area contributed by atoms with Gasteiger partial charge in [-0.3, -0.25) is 4.79 Å². The highest BCUT2D eigenvalue weighted by atomic mass is 19.4. The molecule has 0 spiro atoms. The van der Waals surface area contributed by atoms with Crippen molar-refractivity contribution >= 4 is 17.8 Å². The van der Waals surface area contributed by atoms with E-state index in [-0.39, 0.29) is 11.5 Å². The summed E-state index contributed by atoms with van der Waals surface area (Å²) in [7, 11) is 1.19. The van der Waals surface area contributed by atoms with Gasteiger partial charge in [0, 0.05) is 0 Å². The van der Waals surface area contributed by atoms with Crippen LogP contribution < -0.4 is 5.32 Å². The van der Waals surface area contributed by atoms with Crippen molar-refractivity contribution in [2.24, 2.45) is 5.92 Å². The lowest BCUT2D eigenvalue weighted by Gasteiger charge is -2.21. The first-order valence-electron chi connectivity index (χ1n) is 7.81. The number of amides is 1. The summed E-state index contributed by atoms with van der Waals surface area (Å²) in [4.78, 5) is 35.4. The molecular weight excluding hydrogens is 355 g/mol. The standard InChI is InChI=1S/C17H20F3NO5/c1-4-10(2)14(16(24)25-3)21-13(22)9-26-15(23)11-5-7-12(8-6-11)17(18,19)20/h5-8,10,14H,4,9H2,1-3H3,(H,21,22)/t10-,14+/m1/s1. The fourth-order valence-electron chi connectivity index (χ4n) is 2.02. The first kappa shape index (κ1) is 21.5. The third-order valence-electron chi connectivity index (χ3n) is 3.77. The van der Waals surface area contributed by atoms with Gasteiger partial charge in [-0.2, -0.15) is 13.2 Å². The maximum absolute atomic E-state index is 12.5. The number of nitrogens with one attached hydrogen (secondary N) is 1. The summed E-state index contributed by atoms with van der Waals surface area (Å²) in [6.07, 6.45) is -3.91. The molecule has 6 nitrogen and oxygen atoms in total. The Balaban J connectivity index is 2.63. The number of halogens is 3. The van der Waals surface area contributed by atoms with Gasteiger partial charge in [-0.05, 0) is 30.2 Å². The molecule has 0 aliphatic carbocycles. The molecule has 0 aliphatic heterocycles. The largest absolute Gasteiger partial charge is 0.467 e. The molecule has 0 aromatic heterocycles. The fraction of sp³-hybridized carbons (Fsp3) is 0.471. The van der Waals surface area contributed by atoms with Gasteiger partial charge >= 0.3 is 18.1 Å². The molecule has 0 unspecified atom stereocenters. The Labute approximate surface area is 148 Å². The lowest BCUT2D eigenvalue weighted by Crippen LogP contribution is -2.47. The van der Waals surface area contributed by atoms with Gasteiger partial charge in [-0.1, -0.05) is 20.3 Å². The zero-order valence-corrected chi connectivity index (χ0v) is 14.6. The van der Waals surface area contributed by atoms with Crippen LogP contribution in [0.5, 0.6) is 0 Å². The predicted octanol–water partition coefficient (Wildman–Crippen LogP) is 2.57. The second kappa shape index (κ2) is 9.21. The molecule has 1 rings (SSSR count). The number of ether oxygens (including phenoxy) is 2. The van der Waals surface area contributed by atoms with Gasteiger partial charge < -0.3 is 14.8 Å². The zero-order chi connectivity index (χ0) is 19.9. The molecule has 1 amide bonds. The first-order valence-corrected chi connectivity index (χ1v) is 7.81. The predicted molar refractivity (Wildman–Crippen MR) is 85.1 cm³/mol. The Morgan fingerprint density at radius 2 is 1.73 bits per heavy atom. The second-order valence-corrected chi connectivity index (χ2v) is 5.61. The third-order valence-corrected chi connectivity index (χ3v) is 3.77. The van der Waals surface area contributed by atoms with E-state index in [0.717, 1.165) is 24.3 Å². The van der Waals surface area contributed by atoms with Gasteiger partial charge in [0.05, 0.1) is 18.2 Å². The summed E-state index contributed by atoms with van der Waals surface area (Å²) in [5.41, 5.74) is -1.03. The highest BCUT2D eigenvalue weighted by Crippen LogP contribution is 2.29. The number of esters is 2. The molecule has 0 heterocycles. The Hall–Kier alpha value is -2.58. The quantitative estimate of drug-likeness (QED) is 0.741. The van der Waals surface area contributed by atoms with E-state index in [1.54, 1.807) is 6.92 Å². The van der Waals surface area contributed by atoms with Gasteiger partial charge in [0.15, 0.2) is 6.61 Å². The van der Waals surface area contributed by atoms with E-state index in [1.165, 1.54) is 7.11 Å². The number of rotatable bonds is 7. The normalized spacial score (nSPS) is 13.5. The van der Waals surface area contributed by atoms with Crippen LogP contribution in [0.3, 0.4) is 0 Å². The Kier molecular flexibility index (Phi) is 7.60. The van der Waals surface area contributed by atoms with Gasteiger partial charge in [0.2, 0.25) is 0 Å². The second-order valence-electron chi connectivity index (χ2n) is 5.61. The zero-order valence-electron chi connectivity index (χ0n) is 14.6. The molecule has 26 heavy (non-hydrogen) atoms. The van der Waals surface area contributed by atoms with Gasteiger partial charge in [-0.25, -0.2) is 9.59 Å². The molecule has 1 aromatic carbocycles. The molecular formula is C17H20F3NO5. The smallest absolute Gasteiger partial charge is 0.416 e. The van der Waals surface area contributed by atoms with Crippen molar-refractivity contribution in [3.8, 4) is 0 Å². The molecule has 1 N–H and O–H groups in total. The van der Waals surface area contributed by atoms with Crippen LogP contribution in [-0.4, -0.2) is 37.6 Å².